The zero-order valence-electron chi connectivity index (χ0n) is 14.0. The van der Waals surface area contributed by atoms with E-state index in [0.717, 1.165) is 23.3 Å². The minimum absolute atomic E-state index is 0.394. The molecule has 0 aliphatic rings. The summed E-state index contributed by atoms with van der Waals surface area (Å²) in [7, 11) is 0. The average molecular weight is 312 g/mol. The monoisotopic (exact) mass is 312 g/mol. The average Bonchev–Trinajstić information content (AvgIpc) is 2.61. The highest BCUT2D eigenvalue weighted by Gasteiger charge is 2.12. The Morgan fingerprint density at radius 2 is 1.75 bits per heavy atom. The summed E-state index contributed by atoms with van der Waals surface area (Å²) in [5.74, 6) is 0.394. The van der Waals surface area contributed by atoms with Crippen LogP contribution in [0.5, 0.6) is 0 Å². The van der Waals surface area contributed by atoms with Gasteiger partial charge in [0.15, 0.2) is 0 Å². The fourth-order valence-electron chi connectivity index (χ4n) is 3.52. The van der Waals surface area contributed by atoms with Gasteiger partial charge in [0.05, 0.1) is 5.52 Å². The predicted molar refractivity (Wildman–Crippen MR) is 100 cm³/mol. The molecule has 2 heteroatoms. The first-order valence-corrected chi connectivity index (χ1v) is 8.41. The van der Waals surface area contributed by atoms with Gasteiger partial charge < -0.3 is 0 Å². The molecule has 0 aliphatic carbocycles. The van der Waals surface area contributed by atoms with E-state index in [1.54, 1.807) is 0 Å². The summed E-state index contributed by atoms with van der Waals surface area (Å²) in [6.07, 6.45) is 2.78. The molecule has 1 atom stereocenters. The summed E-state index contributed by atoms with van der Waals surface area (Å²) in [6, 6.07) is 21.2. The van der Waals surface area contributed by atoms with Crippen LogP contribution in [0.4, 0.5) is 0 Å². The molecule has 0 saturated carbocycles. The quantitative estimate of drug-likeness (QED) is 0.503. The number of nitrogens with zero attached hydrogens (tertiary/aromatic N) is 2. The van der Waals surface area contributed by atoms with Crippen LogP contribution >= 0.6 is 0 Å². The molecule has 2 nitrogen and oxygen atoms in total. The Morgan fingerprint density at radius 3 is 2.67 bits per heavy atom. The van der Waals surface area contributed by atoms with Gasteiger partial charge in [-0.2, -0.15) is 0 Å². The topological polar surface area (TPSA) is 25.8 Å². The Kier molecular flexibility index (Phi) is 3.73. The molecule has 0 saturated heterocycles. The van der Waals surface area contributed by atoms with Crippen molar-refractivity contribution in [2.24, 2.45) is 0 Å². The lowest BCUT2D eigenvalue weighted by Gasteiger charge is -2.15. The third kappa shape index (κ3) is 2.65. The lowest BCUT2D eigenvalue weighted by molar-refractivity contribution is 0.745. The maximum absolute atomic E-state index is 4.83. The Bertz CT molecular complexity index is 1020. The summed E-state index contributed by atoms with van der Waals surface area (Å²) in [4.78, 5) is 9.30. The Labute approximate surface area is 142 Å². The van der Waals surface area contributed by atoms with Gasteiger partial charge in [0.1, 0.15) is 0 Å². The van der Waals surface area contributed by atoms with Crippen molar-refractivity contribution < 1.29 is 0 Å². The first-order valence-electron chi connectivity index (χ1n) is 8.41. The van der Waals surface area contributed by atoms with Crippen LogP contribution in [0.25, 0.3) is 21.7 Å². The minimum Gasteiger partial charge on any atom is -0.257 e. The van der Waals surface area contributed by atoms with Gasteiger partial charge in [0.2, 0.25) is 0 Å². The maximum Gasteiger partial charge on any atom is 0.0704 e. The third-order valence-corrected chi connectivity index (χ3v) is 4.71. The van der Waals surface area contributed by atoms with E-state index in [4.69, 9.17) is 4.98 Å². The number of rotatable bonds is 3. The first kappa shape index (κ1) is 14.8. The van der Waals surface area contributed by atoms with Crippen molar-refractivity contribution in [1.29, 1.82) is 0 Å². The van der Waals surface area contributed by atoms with Gasteiger partial charge in [-0.1, -0.05) is 49.4 Å². The highest BCUT2D eigenvalue weighted by Crippen LogP contribution is 2.28. The molecule has 2 aromatic heterocycles. The molecule has 118 valence electrons. The van der Waals surface area contributed by atoms with Crippen LogP contribution in [0, 0.1) is 6.92 Å². The van der Waals surface area contributed by atoms with Gasteiger partial charge in [0.25, 0.3) is 0 Å². The molecule has 0 fully saturated rings. The molecule has 0 spiro atoms. The van der Waals surface area contributed by atoms with Gasteiger partial charge in [0, 0.05) is 28.4 Å². The number of aromatic nitrogens is 2. The smallest absolute Gasteiger partial charge is 0.0704 e. The second kappa shape index (κ2) is 6.04. The predicted octanol–water partition coefficient (Wildman–Crippen LogP) is 5.44. The van der Waals surface area contributed by atoms with Crippen molar-refractivity contribution in [3.05, 3.63) is 83.8 Å². The fraction of sp³-hybridized carbons (Fsp3) is 0.182. The minimum atomic E-state index is 0.394. The molecule has 4 aromatic rings. The number of benzene rings is 2. The second-order valence-electron chi connectivity index (χ2n) is 6.44. The number of pyridine rings is 2. The van der Waals surface area contributed by atoms with Crippen LogP contribution in [0.3, 0.4) is 0 Å². The van der Waals surface area contributed by atoms with Crippen LogP contribution in [0.2, 0.25) is 0 Å². The van der Waals surface area contributed by atoms with Crippen LogP contribution in [-0.2, 0) is 6.42 Å². The summed E-state index contributed by atoms with van der Waals surface area (Å²) in [5, 5.41) is 3.75. The van der Waals surface area contributed by atoms with E-state index < -0.39 is 0 Å². The van der Waals surface area contributed by atoms with E-state index in [0.29, 0.717) is 5.92 Å². The molecule has 0 bridgehead atoms. The summed E-state index contributed by atoms with van der Waals surface area (Å²) in [5.41, 5.74) is 4.66. The molecule has 2 aromatic carbocycles. The van der Waals surface area contributed by atoms with Crippen LogP contribution < -0.4 is 0 Å². The van der Waals surface area contributed by atoms with Gasteiger partial charge in [-0.15, -0.1) is 0 Å². The van der Waals surface area contributed by atoms with Crippen molar-refractivity contribution >= 4 is 21.7 Å². The van der Waals surface area contributed by atoms with Crippen LogP contribution in [-0.4, -0.2) is 9.97 Å². The van der Waals surface area contributed by atoms with Crippen molar-refractivity contribution in [3.8, 4) is 0 Å². The SMILES string of the molecule is Cc1nc(CC(C)c2cccc3ncccc23)cc2ccccc12. The summed E-state index contributed by atoms with van der Waals surface area (Å²) < 4.78 is 0. The highest BCUT2D eigenvalue weighted by atomic mass is 14.7. The van der Waals surface area contributed by atoms with E-state index in [1.165, 1.54) is 21.7 Å². The van der Waals surface area contributed by atoms with Crippen molar-refractivity contribution in [1.82, 2.24) is 9.97 Å². The number of fused-ring (bicyclic) bond motifs is 2. The first-order chi connectivity index (χ1) is 11.7. The maximum atomic E-state index is 4.83. The van der Waals surface area contributed by atoms with Crippen molar-refractivity contribution in [2.45, 2.75) is 26.2 Å². The highest BCUT2D eigenvalue weighted by molar-refractivity contribution is 5.85. The molecule has 0 aliphatic heterocycles. The molecule has 0 radical (unpaired) electrons. The molecular weight excluding hydrogens is 292 g/mol. The zero-order valence-corrected chi connectivity index (χ0v) is 14.0. The standard InChI is InChI=1S/C22H20N2/c1-15(19-9-5-11-22-21(19)10-6-12-23-22)13-18-14-17-7-3-4-8-20(17)16(2)24-18/h3-12,14-15H,13H2,1-2H3. The Balaban J connectivity index is 1.72. The van der Waals surface area contributed by atoms with E-state index in [9.17, 15) is 0 Å². The van der Waals surface area contributed by atoms with Crippen LogP contribution in [0.1, 0.15) is 29.8 Å². The third-order valence-electron chi connectivity index (χ3n) is 4.71. The Morgan fingerprint density at radius 1 is 0.917 bits per heavy atom. The molecule has 0 N–H and O–H groups in total. The van der Waals surface area contributed by atoms with E-state index in [-0.39, 0.29) is 0 Å². The van der Waals surface area contributed by atoms with Crippen LogP contribution in [0.15, 0.2) is 66.9 Å². The number of aryl methyl sites for hydroxylation is 1. The molecule has 24 heavy (non-hydrogen) atoms. The fourth-order valence-corrected chi connectivity index (χ4v) is 3.52. The lowest BCUT2D eigenvalue weighted by Crippen LogP contribution is -2.03. The van der Waals surface area contributed by atoms with E-state index >= 15 is 0 Å². The zero-order chi connectivity index (χ0) is 16.5. The normalized spacial score (nSPS) is 12.6. The van der Waals surface area contributed by atoms with Crippen molar-refractivity contribution in [3.63, 3.8) is 0 Å². The lowest BCUT2D eigenvalue weighted by atomic mass is 9.92. The van der Waals surface area contributed by atoms with Gasteiger partial charge >= 0.3 is 0 Å². The summed E-state index contributed by atoms with van der Waals surface area (Å²) in [6.45, 7) is 4.37. The van der Waals surface area contributed by atoms with E-state index in [2.05, 4.69) is 73.4 Å². The Hall–Kier alpha value is -2.74. The van der Waals surface area contributed by atoms with Gasteiger partial charge in [-0.05, 0) is 48.4 Å². The van der Waals surface area contributed by atoms with Crippen molar-refractivity contribution in [2.75, 3.05) is 0 Å². The largest absolute Gasteiger partial charge is 0.257 e. The molecule has 4 rings (SSSR count). The molecule has 0 amide bonds. The van der Waals surface area contributed by atoms with Gasteiger partial charge in [-0.3, -0.25) is 9.97 Å². The number of hydrogen-bond acceptors (Lipinski definition) is 2. The van der Waals surface area contributed by atoms with E-state index in [1.807, 2.05) is 12.3 Å². The molecule has 2 heterocycles. The summed E-state index contributed by atoms with van der Waals surface area (Å²) >= 11 is 0. The number of hydrogen-bond donors (Lipinski definition) is 0. The van der Waals surface area contributed by atoms with Gasteiger partial charge in [-0.25, -0.2) is 0 Å². The molecule has 1 unspecified atom stereocenters. The molecular formula is C22H20N2. The second-order valence-corrected chi connectivity index (χ2v) is 6.44.